The highest BCUT2D eigenvalue weighted by Crippen LogP contribution is 2.20. The van der Waals surface area contributed by atoms with Crippen LogP contribution in [0.4, 0.5) is 0 Å². The van der Waals surface area contributed by atoms with Crippen molar-refractivity contribution >= 4 is 21.8 Å². The van der Waals surface area contributed by atoms with Gasteiger partial charge in [0.2, 0.25) is 17.6 Å². The number of carbonyl (C=O) groups excluding carboxylic acids is 1. The Labute approximate surface area is 148 Å². The molecule has 0 atom stereocenters. The summed E-state index contributed by atoms with van der Waals surface area (Å²) in [7, 11) is 0. The molecule has 0 radical (unpaired) electrons. The molecular formula is C18H16BrN3O2. The molecule has 2 aromatic carbocycles. The molecule has 5 nitrogen and oxygen atoms in total. The second-order valence-electron chi connectivity index (χ2n) is 5.46. The van der Waals surface area contributed by atoms with E-state index in [-0.39, 0.29) is 12.5 Å². The first-order chi connectivity index (χ1) is 11.6. The molecule has 0 bridgehead atoms. The van der Waals surface area contributed by atoms with Crippen molar-refractivity contribution in [3.8, 4) is 11.4 Å². The molecule has 0 spiro atoms. The number of nitrogens with one attached hydrogen (secondary N) is 1. The number of halogens is 1. The molecule has 0 saturated carbocycles. The number of hydrogen-bond donors (Lipinski definition) is 1. The summed E-state index contributed by atoms with van der Waals surface area (Å²) in [5, 5.41) is 6.73. The maximum atomic E-state index is 12.0. The summed E-state index contributed by atoms with van der Waals surface area (Å²) in [4.78, 5) is 16.3. The molecule has 0 aliphatic carbocycles. The summed E-state index contributed by atoms with van der Waals surface area (Å²) in [6, 6.07) is 15.5. The molecule has 1 N–H and O–H groups in total. The fraction of sp³-hybridized carbons (Fsp3) is 0.167. The summed E-state index contributed by atoms with van der Waals surface area (Å²) in [5.41, 5.74) is 2.99. The van der Waals surface area contributed by atoms with Crippen LogP contribution in [0.1, 0.15) is 17.0 Å². The van der Waals surface area contributed by atoms with Crippen molar-refractivity contribution in [2.24, 2.45) is 0 Å². The summed E-state index contributed by atoms with van der Waals surface area (Å²) in [6.45, 7) is 2.23. The molecule has 0 fully saturated rings. The van der Waals surface area contributed by atoms with Gasteiger partial charge in [-0.15, -0.1) is 0 Å². The van der Waals surface area contributed by atoms with Crippen molar-refractivity contribution in [1.29, 1.82) is 0 Å². The van der Waals surface area contributed by atoms with Gasteiger partial charge >= 0.3 is 0 Å². The molecular weight excluding hydrogens is 370 g/mol. The topological polar surface area (TPSA) is 68.0 Å². The first kappa shape index (κ1) is 16.4. The zero-order valence-corrected chi connectivity index (χ0v) is 14.7. The number of nitrogens with zero attached hydrogens (tertiary/aromatic N) is 2. The Bertz CT molecular complexity index is 843. The smallest absolute Gasteiger partial charge is 0.246 e. The van der Waals surface area contributed by atoms with Gasteiger partial charge in [-0.05, 0) is 24.6 Å². The molecule has 1 amide bonds. The van der Waals surface area contributed by atoms with Crippen molar-refractivity contribution in [3.63, 3.8) is 0 Å². The molecule has 6 heteroatoms. The zero-order valence-electron chi connectivity index (χ0n) is 13.1. The molecule has 0 aliphatic heterocycles. The maximum absolute atomic E-state index is 12.0. The second-order valence-corrected chi connectivity index (χ2v) is 6.38. The number of carbonyl (C=O) groups is 1. The van der Waals surface area contributed by atoms with Crippen LogP contribution < -0.4 is 5.32 Å². The molecule has 3 rings (SSSR count). The van der Waals surface area contributed by atoms with Gasteiger partial charge in [-0.25, -0.2) is 0 Å². The molecule has 1 aromatic heterocycles. The van der Waals surface area contributed by atoms with Gasteiger partial charge in [-0.2, -0.15) is 4.98 Å². The van der Waals surface area contributed by atoms with E-state index in [1.54, 1.807) is 0 Å². The van der Waals surface area contributed by atoms with Gasteiger partial charge in [-0.1, -0.05) is 63.0 Å². The molecule has 1 heterocycles. The third-order valence-electron chi connectivity index (χ3n) is 3.47. The van der Waals surface area contributed by atoms with E-state index in [0.717, 1.165) is 15.6 Å². The fourth-order valence-corrected chi connectivity index (χ4v) is 2.60. The zero-order chi connectivity index (χ0) is 16.9. The van der Waals surface area contributed by atoms with Crippen LogP contribution in [0.15, 0.2) is 57.5 Å². The number of rotatable bonds is 5. The van der Waals surface area contributed by atoms with Crippen LogP contribution >= 0.6 is 15.9 Å². The van der Waals surface area contributed by atoms with Crippen LogP contribution in [-0.4, -0.2) is 16.0 Å². The Morgan fingerprint density at radius 3 is 2.75 bits per heavy atom. The number of benzene rings is 2. The monoisotopic (exact) mass is 385 g/mol. The maximum Gasteiger partial charge on any atom is 0.246 e. The van der Waals surface area contributed by atoms with E-state index in [0.29, 0.717) is 18.1 Å². The summed E-state index contributed by atoms with van der Waals surface area (Å²) < 4.78 is 6.13. The quantitative estimate of drug-likeness (QED) is 0.727. The van der Waals surface area contributed by atoms with Gasteiger partial charge < -0.3 is 9.84 Å². The van der Waals surface area contributed by atoms with Gasteiger partial charge in [0.1, 0.15) is 0 Å². The fourth-order valence-electron chi connectivity index (χ4n) is 2.20. The Morgan fingerprint density at radius 2 is 2.00 bits per heavy atom. The van der Waals surface area contributed by atoms with E-state index < -0.39 is 0 Å². The van der Waals surface area contributed by atoms with E-state index in [1.807, 2.05) is 55.5 Å². The lowest BCUT2D eigenvalue weighted by Gasteiger charge is -2.03. The Kier molecular flexibility index (Phi) is 5.05. The number of hydrogen-bond acceptors (Lipinski definition) is 4. The predicted octanol–water partition coefficient (Wildman–Crippen LogP) is 3.67. The van der Waals surface area contributed by atoms with Crippen LogP contribution in [0.3, 0.4) is 0 Å². The van der Waals surface area contributed by atoms with Gasteiger partial charge in [0.15, 0.2) is 0 Å². The second kappa shape index (κ2) is 7.40. The van der Waals surface area contributed by atoms with E-state index >= 15 is 0 Å². The van der Waals surface area contributed by atoms with Crippen molar-refractivity contribution in [2.45, 2.75) is 19.9 Å². The van der Waals surface area contributed by atoms with Crippen molar-refractivity contribution in [1.82, 2.24) is 15.5 Å². The minimum absolute atomic E-state index is 0.0824. The van der Waals surface area contributed by atoms with E-state index in [9.17, 15) is 4.79 Å². The van der Waals surface area contributed by atoms with Crippen molar-refractivity contribution in [2.75, 3.05) is 0 Å². The van der Waals surface area contributed by atoms with Crippen molar-refractivity contribution in [3.05, 3.63) is 70.0 Å². The predicted molar refractivity (Wildman–Crippen MR) is 94.2 cm³/mol. The Balaban J connectivity index is 1.57. The van der Waals surface area contributed by atoms with Crippen LogP contribution in [0.2, 0.25) is 0 Å². The lowest BCUT2D eigenvalue weighted by atomic mass is 10.1. The minimum Gasteiger partial charge on any atom is -0.347 e. The largest absolute Gasteiger partial charge is 0.347 e. The van der Waals surface area contributed by atoms with Crippen LogP contribution in [-0.2, 0) is 17.8 Å². The van der Waals surface area contributed by atoms with E-state index in [1.165, 1.54) is 5.56 Å². The minimum atomic E-state index is -0.0824. The van der Waals surface area contributed by atoms with E-state index in [4.69, 9.17) is 4.52 Å². The molecule has 0 aliphatic rings. The van der Waals surface area contributed by atoms with Crippen LogP contribution in [0.25, 0.3) is 11.4 Å². The van der Waals surface area contributed by atoms with Gasteiger partial charge in [-0.3, -0.25) is 4.79 Å². The summed E-state index contributed by atoms with van der Waals surface area (Å²) >= 11 is 3.41. The highest BCUT2D eigenvalue weighted by Gasteiger charge is 2.10. The Morgan fingerprint density at radius 1 is 1.21 bits per heavy atom. The van der Waals surface area contributed by atoms with Crippen LogP contribution in [0, 0.1) is 6.92 Å². The van der Waals surface area contributed by atoms with Gasteiger partial charge in [0, 0.05) is 10.0 Å². The SMILES string of the molecule is Cc1ccc(CC(=O)NCc2nc(-c3cccc(Br)c3)no2)cc1. The average Bonchev–Trinajstić information content (AvgIpc) is 3.04. The highest BCUT2D eigenvalue weighted by molar-refractivity contribution is 9.10. The van der Waals surface area contributed by atoms with Gasteiger partial charge in [0.05, 0.1) is 13.0 Å². The average molecular weight is 386 g/mol. The third-order valence-corrected chi connectivity index (χ3v) is 3.97. The lowest BCUT2D eigenvalue weighted by Crippen LogP contribution is -2.24. The van der Waals surface area contributed by atoms with Crippen LogP contribution in [0.5, 0.6) is 0 Å². The van der Waals surface area contributed by atoms with E-state index in [2.05, 4.69) is 31.4 Å². The number of amides is 1. The number of aromatic nitrogens is 2. The first-order valence-corrected chi connectivity index (χ1v) is 8.30. The standard InChI is InChI=1S/C18H16BrN3O2/c1-12-5-7-13(8-6-12)9-16(23)20-11-17-21-18(22-24-17)14-3-2-4-15(19)10-14/h2-8,10H,9,11H2,1H3,(H,20,23). The molecule has 0 saturated heterocycles. The lowest BCUT2D eigenvalue weighted by molar-refractivity contribution is -0.120. The van der Waals surface area contributed by atoms with Crippen molar-refractivity contribution < 1.29 is 9.32 Å². The molecule has 122 valence electrons. The third kappa shape index (κ3) is 4.29. The highest BCUT2D eigenvalue weighted by atomic mass is 79.9. The Hall–Kier alpha value is -2.47. The molecule has 24 heavy (non-hydrogen) atoms. The molecule has 0 unspecified atom stereocenters. The first-order valence-electron chi connectivity index (χ1n) is 7.51. The molecule has 3 aromatic rings. The van der Waals surface area contributed by atoms with Gasteiger partial charge in [0.25, 0.3) is 0 Å². The number of aryl methyl sites for hydroxylation is 1. The summed E-state index contributed by atoms with van der Waals surface area (Å²) in [5.74, 6) is 0.794. The normalized spacial score (nSPS) is 10.6. The summed E-state index contributed by atoms with van der Waals surface area (Å²) in [6.07, 6.45) is 0.326.